The minimum atomic E-state index is -3.79. The van der Waals surface area contributed by atoms with Crippen molar-refractivity contribution in [2.75, 3.05) is 6.61 Å². The van der Waals surface area contributed by atoms with Crippen LogP contribution < -0.4 is 15.2 Å². The number of rotatable bonds is 8. The van der Waals surface area contributed by atoms with Crippen LogP contribution in [0.1, 0.15) is 15.9 Å². The van der Waals surface area contributed by atoms with Crippen LogP contribution in [0.5, 0.6) is 5.75 Å². The Hall–Kier alpha value is -3.05. The second kappa shape index (κ2) is 9.24. The fraction of sp³-hybridized carbons (Fsp3) is 0.176. The quantitative estimate of drug-likeness (QED) is 0.630. The molecular weight excluding hydrogens is 398 g/mol. The summed E-state index contributed by atoms with van der Waals surface area (Å²) in [6, 6.07) is 10.4. The second-order valence-corrected chi connectivity index (χ2v) is 7.01. The number of ether oxygens (including phenoxy) is 2. The minimum Gasteiger partial charge on any atom is -0.452 e. The molecule has 0 aliphatic carbocycles. The second-order valence-electron chi connectivity index (χ2n) is 5.44. The van der Waals surface area contributed by atoms with E-state index < -0.39 is 35.1 Å². The van der Waals surface area contributed by atoms with Crippen LogP contribution >= 0.6 is 0 Å². The topological polar surface area (TPSA) is 125 Å². The van der Waals surface area contributed by atoms with E-state index in [1.807, 2.05) is 0 Å². The van der Waals surface area contributed by atoms with Crippen molar-refractivity contribution >= 4 is 21.9 Å². The molecule has 3 N–H and O–H groups in total. The molecule has 0 unspecified atom stereocenters. The number of hydrogen-bond acceptors (Lipinski definition) is 6. The summed E-state index contributed by atoms with van der Waals surface area (Å²) in [4.78, 5) is 23.5. The lowest BCUT2D eigenvalue weighted by molar-refractivity contribution is -0.124. The first-order chi connectivity index (χ1) is 13.1. The molecule has 8 nitrogen and oxygen atoms in total. The Morgan fingerprint density at radius 2 is 1.64 bits per heavy atom. The minimum absolute atomic E-state index is 0.0542. The highest BCUT2D eigenvalue weighted by molar-refractivity contribution is 7.89. The molecule has 0 bridgehead atoms. The highest BCUT2D eigenvalue weighted by Gasteiger charge is 2.12. The molecular formula is C17H16F2N2O6S. The van der Waals surface area contributed by atoms with Gasteiger partial charge in [0, 0.05) is 6.54 Å². The number of nitrogens with two attached hydrogens (primary N) is 1. The van der Waals surface area contributed by atoms with Crippen LogP contribution in [-0.2, 0) is 26.1 Å². The van der Waals surface area contributed by atoms with Crippen molar-refractivity contribution in [1.82, 2.24) is 5.32 Å². The number of hydrogen-bond donors (Lipinski definition) is 2. The van der Waals surface area contributed by atoms with Crippen LogP contribution in [-0.4, -0.2) is 33.5 Å². The summed E-state index contributed by atoms with van der Waals surface area (Å²) < 4.78 is 55.4. The van der Waals surface area contributed by atoms with Gasteiger partial charge in [-0.25, -0.2) is 18.4 Å². The molecule has 0 saturated carbocycles. The predicted octanol–water partition coefficient (Wildman–Crippen LogP) is 1.41. The molecule has 0 aromatic heterocycles. The summed E-state index contributed by atoms with van der Waals surface area (Å²) in [5, 5.41) is 7.48. The molecule has 0 aliphatic rings. The first kappa shape index (κ1) is 21.3. The Kier molecular flexibility index (Phi) is 7.01. The van der Waals surface area contributed by atoms with Crippen LogP contribution in [0.15, 0.2) is 53.4 Å². The smallest absolute Gasteiger partial charge is 0.387 e. The standard InChI is InChI=1S/C17H16F2N2O6S/c18-17(19)27-13-5-3-12(4-6-13)16(23)26-10-15(22)21-9-11-1-7-14(8-2-11)28(20,24)25/h1-8,17H,9-10H2,(H,21,22)(H2,20,24,25). The molecule has 2 aromatic rings. The number of esters is 1. The highest BCUT2D eigenvalue weighted by Crippen LogP contribution is 2.15. The van der Waals surface area contributed by atoms with E-state index in [1.165, 1.54) is 48.5 Å². The van der Waals surface area contributed by atoms with E-state index in [2.05, 4.69) is 10.1 Å². The normalized spacial score (nSPS) is 11.1. The summed E-state index contributed by atoms with van der Waals surface area (Å²) >= 11 is 0. The van der Waals surface area contributed by atoms with Crippen molar-refractivity contribution in [2.24, 2.45) is 5.14 Å². The lowest BCUT2D eigenvalue weighted by Crippen LogP contribution is -2.28. The molecule has 2 aromatic carbocycles. The lowest BCUT2D eigenvalue weighted by atomic mass is 10.2. The fourth-order valence-corrected chi connectivity index (χ4v) is 2.55. The molecule has 0 aliphatic heterocycles. The third-order valence-electron chi connectivity index (χ3n) is 3.39. The first-order valence-corrected chi connectivity index (χ1v) is 9.30. The average molecular weight is 414 g/mol. The molecule has 0 fully saturated rings. The van der Waals surface area contributed by atoms with E-state index in [9.17, 15) is 26.8 Å². The van der Waals surface area contributed by atoms with Gasteiger partial charge in [0.25, 0.3) is 5.91 Å². The third-order valence-corrected chi connectivity index (χ3v) is 4.32. The number of nitrogens with one attached hydrogen (secondary N) is 1. The molecule has 11 heteroatoms. The number of halogens is 2. The van der Waals surface area contributed by atoms with Crippen LogP contribution in [0.25, 0.3) is 0 Å². The highest BCUT2D eigenvalue weighted by atomic mass is 32.2. The van der Waals surface area contributed by atoms with Gasteiger partial charge in [0.1, 0.15) is 5.75 Å². The van der Waals surface area contributed by atoms with Gasteiger partial charge in [-0.15, -0.1) is 0 Å². The number of benzene rings is 2. The zero-order valence-corrected chi connectivity index (χ0v) is 15.1. The Morgan fingerprint density at radius 3 is 2.18 bits per heavy atom. The Labute approximate surface area is 159 Å². The SMILES string of the molecule is NS(=O)(=O)c1ccc(CNC(=O)COC(=O)c2ccc(OC(F)F)cc2)cc1. The zero-order chi connectivity index (χ0) is 20.7. The number of carbonyl (C=O) groups excluding carboxylic acids is 2. The fourth-order valence-electron chi connectivity index (χ4n) is 2.04. The average Bonchev–Trinajstić information content (AvgIpc) is 2.64. The zero-order valence-electron chi connectivity index (χ0n) is 14.3. The van der Waals surface area contributed by atoms with E-state index in [4.69, 9.17) is 9.88 Å². The van der Waals surface area contributed by atoms with Crippen LogP contribution in [0.2, 0.25) is 0 Å². The van der Waals surface area contributed by atoms with E-state index in [1.54, 1.807) is 0 Å². The van der Waals surface area contributed by atoms with Crippen LogP contribution in [0.3, 0.4) is 0 Å². The molecule has 28 heavy (non-hydrogen) atoms. The van der Waals surface area contributed by atoms with Crippen molar-refractivity contribution < 1.29 is 36.3 Å². The van der Waals surface area contributed by atoms with Crippen molar-refractivity contribution in [1.29, 1.82) is 0 Å². The van der Waals surface area contributed by atoms with Crippen molar-refractivity contribution in [3.05, 3.63) is 59.7 Å². The lowest BCUT2D eigenvalue weighted by Gasteiger charge is -2.08. The Morgan fingerprint density at radius 1 is 1.04 bits per heavy atom. The van der Waals surface area contributed by atoms with Gasteiger partial charge < -0.3 is 14.8 Å². The van der Waals surface area contributed by atoms with E-state index >= 15 is 0 Å². The van der Waals surface area contributed by atoms with Gasteiger partial charge >= 0.3 is 12.6 Å². The van der Waals surface area contributed by atoms with Crippen molar-refractivity contribution in [3.63, 3.8) is 0 Å². The van der Waals surface area contributed by atoms with Gasteiger partial charge in [-0.3, -0.25) is 4.79 Å². The van der Waals surface area contributed by atoms with Gasteiger partial charge in [0.05, 0.1) is 10.5 Å². The summed E-state index contributed by atoms with van der Waals surface area (Å²) in [6.45, 7) is -3.44. The maximum Gasteiger partial charge on any atom is 0.387 e. The molecule has 0 radical (unpaired) electrons. The Bertz CT molecular complexity index is 931. The molecule has 150 valence electrons. The van der Waals surface area contributed by atoms with E-state index in [-0.39, 0.29) is 22.8 Å². The van der Waals surface area contributed by atoms with E-state index in [0.717, 1.165) is 0 Å². The number of sulfonamides is 1. The van der Waals surface area contributed by atoms with Gasteiger partial charge in [-0.2, -0.15) is 8.78 Å². The monoisotopic (exact) mass is 414 g/mol. The third kappa shape index (κ3) is 6.59. The summed E-state index contributed by atoms with van der Waals surface area (Å²) in [5.41, 5.74) is 0.676. The molecule has 0 heterocycles. The number of amides is 1. The number of primary sulfonamides is 1. The molecule has 0 atom stereocenters. The van der Waals surface area contributed by atoms with Gasteiger partial charge in [0.15, 0.2) is 6.61 Å². The van der Waals surface area contributed by atoms with Gasteiger partial charge in [-0.05, 0) is 42.0 Å². The van der Waals surface area contributed by atoms with Crippen LogP contribution in [0.4, 0.5) is 8.78 Å². The molecule has 0 spiro atoms. The molecule has 2 rings (SSSR count). The summed E-state index contributed by atoms with van der Waals surface area (Å²) in [5.74, 6) is -1.50. The predicted molar refractivity (Wildman–Crippen MR) is 93.0 cm³/mol. The largest absolute Gasteiger partial charge is 0.452 e. The maximum atomic E-state index is 12.1. The van der Waals surface area contributed by atoms with E-state index in [0.29, 0.717) is 5.56 Å². The first-order valence-electron chi connectivity index (χ1n) is 7.75. The molecule has 0 saturated heterocycles. The number of alkyl halides is 2. The maximum absolute atomic E-state index is 12.1. The van der Waals surface area contributed by atoms with Crippen LogP contribution in [0, 0.1) is 0 Å². The van der Waals surface area contributed by atoms with Gasteiger partial charge in [-0.1, -0.05) is 12.1 Å². The van der Waals surface area contributed by atoms with Gasteiger partial charge in [0.2, 0.25) is 10.0 Å². The Balaban J connectivity index is 1.79. The van der Waals surface area contributed by atoms with Crippen molar-refractivity contribution in [3.8, 4) is 5.75 Å². The molecule has 1 amide bonds. The van der Waals surface area contributed by atoms with Crippen molar-refractivity contribution in [2.45, 2.75) is 18.1 Å². The number of carbonyl (C=O) groups is 2. The summed E-state index contributed by atoms with van der Waals surface area (Å²) in [7, 11) is -3.79. The summed E-state index contributed by atoms with van der Waals surface area (Å²) in [6.07, 6.45) is 0.